The highest BCUT2D eigenvalue weighted by Crippen LogP contribution is 2.33. The third-order valence-corrected chi connectivity index (χ3v) is 2.49. The van der Waals surface area contributed by atoms with Gasteiger partial charge in [-0.15, -0.1) is 0 Å². The van der Waals surface area contributed by atoms with E-state index in [1.807, 2.05) is 0 Å². The van der Waals surface area contributed by atoms with E-state index in [1.54, 1.807) is 0 Å². The Bertz CT molecular complexity index is 436. The van der Waals surface area contributed by atoms with E-state index in [2.05, 4.69) is 9.97 Å². The van der Waals surface area contributed by atoms with Crippen LogP contribution in [0.4, 0.5) is 13.2 Å². The van der Waals surface area contributed by atoms with Gasteiger partial charge in [-0.25, -0.2) is 4.79 Å². The number of aromatic nitrogens is 2. The Labute approximate surface area is 83.3 Å². The average Bonchev–Trinajstić information content (AvgIpc) is 2.15. The second kappa shape index (κ2) is 3.36. The van der Waals surface area contributed by atoms with Crippen molar-refractivity contribution in [2.24, 2.45) is 0 Å². The summed E-state index contributed by atoms with van der Waals surface area (Å²) in [5.41, 5.74) is -1.37. The number of nitrogens with one attached hydrogen (secondary N) is 1. The second-order valence-electron chi connectivity index (χ2n) is 3.55. The number of alkyl halides is 3. The summed E-state index contributed by atoms with van der Waals surface area (Å²) in [6.45, 7) is 0. The summed E-state index contributed by atoms with van der Waals surface area (Å²) in [7, 11) is 0. The summed E-state index contributed by atoms with van der Waals surface area (Å²) in [5, 5.41) is 0. The van der Waals surface area contributed by atoms with E-state index in [1.165, 1.54) is 0 Å². The van der Waals surface area contributed by atoms with E-state index in [0.29, 0.717) is 25.0 Å². The molecule has 0 fully saturated rings. The Kier molecular flexibility index (Phi) is 2.28. The summed E-state index contributed by atoms with van der Waals surface area (Å²) in [4.78, 5) is 16.3. The fourth-order valence-electron chi connectivity index (χ4n) is 1.87. The molecule has 3 nitrogen and oxygen atoms in total. The lowest BCUT2D eigenvalue weighted by Gasteiger charge is -2.18. The SMILES string of the molecule is O=c1nc(C(F)(F)F)c2c([nH]1)CCCC2. The van der Waals surface area contributed by atoms with Crippen molar-refractivity contribution in [2.75, 3.05) is 0 Å². The van der Waals surface area contributed by atoms with Gasteiger partial charge in [0.2, 0.25) is 0 Å². The topological polar surface area (TPSA) is 45.8 Å². The van der Waals surface area contributed by atoms with Crippen molar-refractivity contribution in [1.82, 2.24) is 9.97 Å². The van der Waals surface area contributed by atoms with Crippen LogP contribution in [0.5, 0.6) is 0 Å². The monoisotopic (exact) mass is 218 g/mol. The van der Waals surface area contributed by atoms with Crippen molar-refractivity contribution in [1.29, 1.82) is 0 Å². The molecule has 1 aromatic rings. The molecular weight excluding hydrogens is 209 g/mol. The lowest BCUT2D eigenvalue weighted by Crippen LogP contribution is -2.25. The van der Waals surface area contributed by atoms with Gasteiger partial charge in [0.05, 0.1) is 0 Å². The number of rotatable bonds is 0. The quantitative estimate of drug-likeness (QED) is 0.719. The van der Waals surface area contributed by atoms with E-state index in [-0.39, 0.29) is 5.56 Å². The molecule has 15 heavy (non-hydrogen) atoms. The summed E-state index contributed by atoms with van der Waals surface area (Å²) in [5.74, 6) is 0. The fourth-order valence-corrected chi connectivity index (χ4v) is 1.87. The molecule has 0 unspecified atom stereocenters. The van der Waals surface area contributed by atoms with Gasteiger partial charge < -0.3 is 4.98 Å². The van der Waals surface area contributed by atoms with Gasteiger partial charge in [0, 0.05) is 11.3 Å². The third kappa shape index (κ3) is 1.88. The van der Waals surface area contributed by atoms with Crippen LogP contribution in [-0.4, -0.2) is 9.97 Å². The highest BCUT2D eigenvalue weighted by atomic mass is 19.4. The van der Waals surface area contributed by atoms with Gasteiger partial charge >= 0.3 is 11.9 Å². The van der Waals surface area contributed by atoms with Gasteiger partial charge in [0.15, 0.2) is 5.69 Å². The predicted octanol–water partition coefficient (Wildman–Crippen LogP) is 1.67. The van der Waals surface area contributed by atoms with Crippen LogP contribution in [0.3, 0.4) is 0 Å². The van der Waals surface area contributed by atoms with Crippen LogP contribution in [0.25, 0.3) is 0 Å². The number of H-pyrrole nitrogens is 1. The molecule has 0 spiro atoms. The highest BCUT2D eigenvalue weighted by Gasteiger charge is 2.37. The van der Waals surface area contributed by atoms with Gasteiger partial charge in [-0.1, -0.05) is 0 Å². The lowest BCUT2D eigenvalue weighted by molar-refractivity contribution is -0.142. The summed E-state index contributed by atoms with van der Waals surface area (Å²) in [6.07, 6.45) is -2.17. The zero-order valence-electron chi connectivity index (χ0n) is 7.82. The second-order valence-corrected chi connectivity index (χ2v) is 3.55. The number of aryl methyl sites for hydroxylation is 1. The molecule has 1 N–H and O–H groups in total. The van der Waals surface area contributed by atoms with E-state index in [9.17, 15) is 18.0 Å². The standard InChI is InChI=1S/C9H9F3N2O/c10-9(11,12)7-5-3-1-2-4-6(5)13-8(15)14-7/h1-4H2,(H,13,14,15). The van der Waals surface area contributed by atoms with Gasteiger partial charge in [-0.05, 0) is 25.7 Å². The fraction of sp³-hybridized carbons (Fsp3) is 0.556. The minimum Gasteiger partial charge on any atom is -0.310 e. The maximum atomic E-state index is 12.5. The number of halogens is 3. The van der Waals surface area contributed by atoms with Crippen molar-refractivity contribution in [3.63, 3.8) is 0 Å². The molecule has 0 saturated carbocycles. The maximum absolute atomic E-state index is 12.5. The van der Waals surface area contributed by atoms with Crippen molar-refractivity contribution in [2.45, 2.75) is 31.9 Å². The molecule has 1 aliphatic rings. The lowest BCUT2D eigenvalue weighted by atomic mass is 9.94. The first kappa shape index (κ1) is 10.2. The minimum absolute atomic E-state index is 0.161. The number of hydrogen-bond acceptors (Lipinski definition) is 2. The summed E-state index contributed by atoms with van der Waals surface area (Å²) in [6, 6.07) is 0. The van der Waals surface area contributed by atoms with Crippen LogP contribution in [0, 0.1) is 0 Å². The molecule has 0 aromatic carbocycles. The molecule has 6 heteroatoms. The molecule has 0 amide bonds. The summed E-state index contributed by atoms with van der Waals surface area (Å²) >= 11 is 0. The van der Waals surface area contributed by atoms with Crippen LogP contribution in [-0.2, 0) is 19.0 Å². The minimum atomic E-state index is -4.53. The molecule has 0 radical (unpaired) electrons. The van der Waals surface area contributed by atoms with Crippen molar-refractivity contribution >= 4 is 0 Å². The normalized spacial score (nSPS) is 16.2. The molecule has 82 valence electrons. The van der Waals surface area contributed by atoms with E-state index in [0.717, 1.165) is 6.42 Å². The zero-order valence-corrected chi connectivity index (χ0v) is 7.82. The predicted molar refractivity (Wildman–Crippen MR) is 46.5 cm³/mol. The van der Waals surface area contributed by atoms with Gasteiger partial charge in [0.1, 0.15) is 0 Å². The largest absolute Gasteiger partial charge is 0.433 e. The number of fused-ring (bicyclic) bond motifs is 1. The van der Waals surface area contributed by atoms with Gasteiger partial charge in [-0.3, -0.25) is 0 Å². The van der Waals surface area contributed by atoms with E-state index in [4.69, 9.17) is 0 Å². The Balaban J connectivity index is 2.63. The van der Waals surface area contributed by atoms with Crippen LogP contribution in [0.1, 0.15) is 29.8 Å². The van der Waals surface area contributed by atoms with E-state index >= 15 is 0 Å². The molecule has 1 aromatic heterocycles. The molecule has 0 atom stereocenters. The van der Waals surface area contributed by atoms with Gasteiger partial charge in [0.25, 0.3) is 0 Å². The molecule has 1 aliphatic carbocycles. The Hall–Kier alpha value is -1.33. The third-order valence-electron chi connectivity index (χ3n) is 2.49. The molecule has 0 bridgehead atoms. The van der Waals surface area contributed by atoms with Crippen molar-refractivity contribution < 1.29 is 13.2 Å². The molecular formula is C9H9F3N2O. The number of hydrogen-bond donors (Lipinski definition) is 1. The first-order chi connectivity index (χ1) is 6.98. The first-order valence-corrected chi connectivity index (χ1v) is 4.68. The Morgan fingerprint density at radius 3 is 2.53 bits per heavy atom. The van der Waals surface area contributed by atoms with Gasteiger partial charge in [-0.2, -0.15) is 18.2 Å². The molecule has 1 heterocycles. The van der Waals surface area contributed by atoms with Crippen LogP contribution in [0.15, 0.2) is 4.79 Å². The van der Waals surface area contributed by atoms with Crippen LogP contribution < -0.4 is 5.69 Å². The first-order valence-electron chi connectivity index (χ1n) is 4.68. The smallest absolute Gasteiger partial charge is 0.310 e. The number of nitrogens with zero attached hydrogens (tertiary/aromatic N) is 1. The Morgan fingerprint density at radius 1 is 1.20 bits per heavy atom. The van der Waals surface area contributed by atoms with E-state index < -0.39 is 17.6 Å². The van der Waals surface area contributed by atoms with Crippen LogP contribution in [0.2, 0.25) is 0 Å². The number of aromatic amines is 1. The molecule has 0 saturated heterocycles. The van der Waals surface area contributed by atoms with Crippen molar-refractivity contribution in [3.8, 4) is 0 Å². The molecule has 0 aliphatic heterocycles. The maximum Gasteiger partial charge on any atom is 0.433 e. The Morgan fingerprint density at radius 2 is 1.87 bits per heavy atom. The van der Waals surface area contributed by atoms with Crippen molar-refractivity contribution in [3.05, 3.63) is 27.4 Å². The van der Waals surface area contributed by atoms with Crippen LogP contribution >= 0.6 is 0 Å². The average molecular weight is 218 g/mol. The zero-order chi connectivity index (χ0) is 11.1. The molecule has 2 rings (SSSR count). The summed E-state index contributed by atoms with van der Waals surface area (Å²) < 4.78 is 37.6. The highest BCUT2D eigenvalue weighted by molar-refractivity contribution is 5.28.